The van der Waals surface area contributed by atoms with Gasteiger partial charge in [-0.15, -0.1) is 0 Å². The molecule has 0 amide bonds. The van der Waals surface area contributed by atoms with E-state index in [2.05, 4.69) is 0 Å². The van der Waals surface area contributed by atoms with Crippen LogP contribution in [-0.4, -0.2) is 20.5 Å². The molecular formula is C11H14O3S. The van der Waals surface area contributed by atoms with Crippen LogP contribution < -0.4 is 0 Å². The van der Waals surface area contributed by atoms with Crippen LogP contribution in [0.15, 0.2) is 29.2 Å². The molecule has 1 unspecified atom stereocenters. The third-order valence-corrected chi connectivity index (χ3v) is 3.57. The molecule has 0 saturated heterocycles. The molecule has 0 aliphatic carbocycles. The first kappa shape index (κ1) is 11.9. The first-order valence-corrected chi connectivity index (χ1v) is 6.52. The second-order valence-corrected chi connectivity index (χ2v) is 5.63. The highest BCUT2D eigenvalue weighted by Gasteiger charge is 2.19. The van der Waals surface area contributed by atoms with Gasteiger partial charge in [0.2, 0.25) is 0 Å². The number of hydrogen-bond acceptors (Lipinski definition) is 3. The molecule has 1 aromatic carbocycles. The van der Waals surface area contributed by atoms with Gasteiger partial charge in [0, 0.05) is 12.2 Å². The zero-order valence-electron chi connectivity index (χ0n) is 9.02. The highest BCUT2D eigenvalue weighted by atomic mass is 32.2. The quantitative estimate of drug-likeness (QED) is 0.789. The number of ketones is 1. The molecule has 0 aliphatic rings. The van der Waals surface area contributed by atoms with E-state index in [-0.39, 0.29) is 16.6 Å². The molecule has 0 N–H and O–H groups in total. The molecule has 3 nitrogen and oxygen atoms in total. The maximum atomic E-state index is 11.5. The molecule has 1 rings (SSSR count). The average Bonchev–Trinajstić information content (AvgIpc) is 2.15. The van der Waals surface area contributed by atoms with Gasteiger partial charge < -0.3 is 0 Å². The Morgan fingerprint density at radius 2 is 1.80 bits per heavy atom. The fourth-order valence-electron chi connectivity index (χ4n) is 1.39. The van der Waals surface area contributed by atoms with Gasteiger partial charge in [-0.2, -0.15) is 0 Å². The SMILES string of the molecule is CC(=O)C(C)c1ccccc1S(C)(=O)=O. The number of carbonyl (C=O) groups excluding carboxylic acids is 1. The van der Waals surface area contributed by atoms with E-state index < -0.39 is 9.84 Å². The summed E-state index contributed by atoms with van der Waals surface area (Å²) in [6.45, 7) is 3.18. The van der Waals surface area contributed by atoms with E-state index in [9.17, 15) is 13.2 Å². The summed E-state index contributed by atoms with van der Waals surface area (Å²) in [4.78, 5) is 11.5. The molecule has 0 saturated carbocycles. The zero-order valence-corrected chi connectivity index (χ0v) is 9.84. The number of sulfone groups is 1. The molecule has 4 heteroatoms. The number of hydrogen-bond donors (Lipinski definition) is 0. The number of rotatable bonds is 3. The van der Waals surface area contributed by atoms with E-state index in [0.717, 1.165) is 6.26 Å². The lowest BCUT2D eigenvalue weighted by Crippen LogP contribution is -2.10. The Hall–Kier alpha value is -1.16. The van der Waals surface area contributed by atoms with E-state index >= 15 is 0 Å². The van der Waals surface area contributed by atoms with Gasteiger partial charge in [0.1, 0.15) is 5.78 Å². The molecule has 0 aliphatic heterocycles. The lowest BCUT2D eigenvalue weighted by Gasteiger charge is -2.12. The zero-order chi connectivity index (χ0) is 11.6. The highest BCUT2D eigenvalue weighted by molar-refractivity contribution is 7.90. The van der Waals surface area contributed by atoms with Gasteiger partial charge in [-0.25, -0.2) is 8.42 Å². The first-order chi connectivity index (χ1) is 6.84. The van der Waals surface area contributed by atoms with Crippen LogP contribution in [0, 0.1) is 0 Å². The van der Waals surface area contributed by atoms with E-state index in [1.165, 1.54) is 13.0 Å². The summed E-state index contributed by atoms with van der Waals surface area (Å²) < 4.78 is 22.9. The lowest BCUT2D eigenvalue weighted by molar-refractivity contribution is -0.118. The van der Waals surface area contributed by atoms with Gasteiger partial charge in [0.05, 0.1) is 4.90 Å². The van der Waals surface area contributed by atoms with Gasteiger partial charge in [0.25, 0.3) is 0 Å². The monoisotopic (exact) mass is 226 g/mol. The summed E-state index contributed by atoms with van der Waals surface area (Å²) in [7, 11) is -3.26. The molecule has 0 radical (unpaired) electrons. The average molecular weight is 226 g/mol. The van der Waals surface area contributed by atoms with Crippen molar-refractivity contribution in [2.24, 2.45) is 0 Å². The Bertz CT molecular complexity index is 474. The van der Waals surface area contributed by atoms with Crippen molar-refractivity contribution in [3.63, 3.8) is 0 Å². The van der Waals surface area contributed by atoms with Crippen LogP contribution in [-0.2, 0) is 14.6 Å². The van der Waals surface area contributed by atoms with Crippen molar-refractivity contribution in [1.82, 2.24) is 0 Å². The summed E-state index contributed by atoms with van der Waals surface area (Å²) in [5.41, 5.74) is 0.576. The molecule has 0 bridgehead atoms. The Morgan fingerprint density at radius 1 is 1.27 bits per heavy atom. The van der Waals surface area contributed by atoms with E-state index in [1.54, 1.807) is 25.1 Å². The van der Waals surface area contributed by atoms with Crippen molar-refractivity contribution in [3.8, 4) is 0 Å². The van der Waals surface area contributed by atoms with Crippen molar-refractivity contribution in [2.45, 2.75) is 24.7 Å². The molecule has 0 spiro atoms. The maximum absolute atomic E-state index is 11.5. The van der Waals surface area contributed by atoms with Crippen molar-refractivity contribution < 1.29 is 13.2 Å². The van der Waals surface area contributed by atoms with Crippen molar-refractivity contribution in [3.05, 3.63) is 29.8 Å². The third-order valence-electron chi connectivity index (χ3n) is 2.39. The number of Topliss-reactive ketones (excluding diaryl/α,β-unsaturated/α-hetero) is 1. The fraction of sp³-hybridized carbons (Fsp3) is 0.364. The molecule has 1 aromatic rings. The molecular weight excluding hydrogens is 212 g/mol. The van der Waals surface area contributed by atoms with Crippen LogP contribution in [0.1, 0.15) is 25.3 Å². The van der Waals surface area contributed by atoms with E-state index in [1.807, 2.05) is 0 Å². The van der Waals surface area contributed by atoms with Crippen LogP contribution >= 0.6 is 0 Å². The fourth-order valence-corrected chi connectivity index (χ4v) is 2.39. The Morgan fingerprint density at radius 3 is 2.27 bits per heavy atom. The van der Waals surface area contributed by atoms with Crippen LogP contribution in [0.25, 0.3) is 0 Å². The lowest BCUT2D eigenvalue weighted by atomic mass is 9.98. The van der Waals surface area contributed by atoms with E-state index in [4.69, 9.17) is 0 Å². The summed E-state index contributed by atoms with van der Waals surface area (Å²) in [6.07, 6.45) is 1.15. The van der Waals surface area contributed by atoms with Gasteiger partial charge in [0.15, 0.2) is 9.84 Å². The Balaban J connectivity index is 3.37. The second kappa shape index (κ2) is 4.14. The predicted molar refractivity (Wildman–Crippen MR) is 58.6 cm³/mol. The highest BCUT2D eigenvalue weighted by Crippen LogP contribution is 2.24. The summed E-state index contributed by atoms with van der Waals surface area (Å²) in [5, 5.41) is 0. The van der Waals surface area contributed by atoms with Crippen molar-refractivity contribution in [2.75, 3.05) is 6.26 Å². The topological polar surface area (TPSA) is 51.2 Å². The molecule has 1 atom stereocenters. The van der Waals surface area contributed by atoms with Gasteiger partial charge in [-0.3, -0.25) is 4.79 Å². The normalized spacial score (nSPS) is 13.5. The van der Waals surface area contributed by atoms with Gasteiger partial charge in [-0.1, -0.05) is 25.1 Å². The Kier molecular flexibility index (Phi) is 3.29. The summed E-state index contributed by atoms with van der Waals surface area (Å²) in [5.74, 6) is -0.415. The molecule has 0 heterocycles. The predicted octanol–water partition coefficient (Wildman–Crippen LogP) is 1.78. The summed E-state index contributed by atoms with van der Waals surface area (Å²) >= 11 is 0. The smallest absolute Gasteiger partial charge is 0.175 e. The van der Waals surface area contributed by atoms with Gasteiger partial charge >= 0.3 is 0 Å². The largest absolute Gasteiger partial charge is 0.299 e. The second-order valence-electron chi connectivity index (χ2n) is 3.64. The maximum Gasteiger partial charge on any atom is 0.175 e. The molecule has 0 fully saturated rings. The molecule has 0 aromatic heterocycles. The minimum Gasteiger partial charge on any atom is -0.299 e. The standard InChI is InChI=1S/C11H14O3S/c1-8(9(2)12)10-6-4-5-7-11(10)15(3,13)14/h4-8H,1-3H3. The third kappa shape index (κ3) is 2.65. The van der Waals surface area contributed by atoms with Crippen LogP contribution in [0.3, 0.4) is 0 Å². The minimum atomic E-state index is -3.26. The van der Waals surface area contributed by atoms with Crippen molar-refractivity contribution >= 4 is 15.6 Å². The van der Waals surface area contributed by atoms with Crippen LogP contribution in [0.4, 0.5) is 0 Å². The van der Waals surface area contributed by atoms with E-state index in [0.29, 0.717) is 5.56 Å². The molecule has 15 heavy (non-hydrogen) atoms. The van der Waals surface area contributed by atoms with Crippen LogP contribution in [0.2, 0.25) is 0 Å². The number of benzene rings is 1. The minimum absolute atomic E-state index is 0.0360. The van der Waals surface area contributed by atoms with Gasteiger partial charge in [-0.05, 0) is 18.6 Å². The molecule has 82 valence electrons. The number of carbonyl (C=O) groups is 1. The van der Waals surface area contributed by atoms with Crippen LogP contribution in [0.5, 0.6) is 0 Å². The van der Waals surface area contributed by atoms with Crippen molar-refractivity contribution in [1.29, 1.82) is 0 Å². The Labute approximate surface area is 90.0 Å². The first-order valence-electron chi connectivity index (χ1n) is 4.63. The summed E-state index contributed by atoms with van der Waals surface area (Å²) in [6, 6.07) is 6.61.